The molecule has 0 atom stereocenters. The summed E-state index contributed by atoms with van der Waals surface area (Å²) in [6.07, 6.45) is 7.06. The molecule has 108 valence electrons. The fourth-order valence-corrected chi connectivity index (χ4v) is 3.94. The van der Waals surface area contributed by atoms with E-state index in [-0.39, 0.29) is 0 Å². The molecule has 1 aromatic carbocycles. The Balaban J connectivity index is 2.21. The average Bonchev–Trinajstić information content (AvgIpc) is 2.39. The first-order valence-corrected chi connectivity index (χ1v) is 7.53. The van der Waals surface area contributed by atoms with Crippen molar-refractivity contribution in [3.05, 3.63) is 28.3 Å². The number of benzene rings is 1. The minimum absolute atomic E-state index is 0.694. The summed E-state index contributed by atoms with van der Waals surface area (Å²) in [7, 11) is 1.65. The van der Waals surface area contributed by atoms with E-state index in [4.69, 9.17) is 4.74 Å². The van der Waals surface area contributed by atoms with Crippen LogP contribution in [-0.4, -0.2) is 18.2 Å². The summed E-state index contributed by atoms with van der Waals surface area (Å²) in [5, 5.41) is 9.73. The Morgan fingerprint density at radius 2 is 1.95 bits per heavy atom. The first-order valence-electron chi connectivity index (χ1n) is 7.53. The van der Waals surface area contributed by atoms with E-state index in [0.717, 1.165) is 43.4 Å². The summed E-state index contributed by atoms with van der Waals surface area (Å²) in [6, 6.07) is 2.10. The van der Waals surface area contributed by atoms with Crippen molar-refractivity contribution in [1.29, 1.82) is 0 Å². The quantitative estimate of drug-likeness (QED) is 0.919. The van der Waals surface area contributed by atoms with E-state index in [0.29, 0.717) is 0 Å². The van der Waals surface area contributed by atoms with Gasteiger partial charge >= 0.3 is 5.97 Å². The van der Waals surface area contributed by atoms with Gasteiger partial charge < -0.3 is 9.84 Å². The van der Waals surface area contributed by atoms with Gasteiger partial charge in [-0.15, -0.1) is 0 Å². The van der Waals surface area contributed by atoms with Crippen LogP contribution in [0.1, 0.15) is 54.4 Å². The molecule has 0 aromatic heterocycles. The van der Waals surface area contributed by atoms with E-state index in [1.807, 2.05) is 0 Å². The molecule has 2 aliphatic rings. The number of rotatable bonds is 3. The zero-order valence-corrected chi connectivity index (χ0v) is 12.3. The Bertz CT molecular complexity index is 556. The number of carboxylic acid groups (broad SMARTS) is 1. The molecule has 0 bridgehead atoms. The summed E-state index contributed by atoms with van der Waals surface area (Å²) in [4.78, 5) is 11.8. The number of methoxy groups -OCH3 is 1. The van der Waals surface area contributed by atoms with Crippen molar-refractivity contribution in [3.8, 4) is 5.75 Å². The summed E-state index contributed by atoms with van der Waals surface area (Å²) in [5.74, 6) is 0.0890. The van der Waals surface area contributed by atoms with Crippen molar-refractivity contribution in [2.45, 2.75) is 57.3 Å². The number of aryl methyl sites for hydroxylation is 1. The lowest BCUT2D eigenvalue weighted by Gasteiger charge is -2.41. The second-order valence-corrected chi connectivity index (χ2v) is 6.16. The lowest BCUT2D eigenvalue weighted by molar-refractivity contribution is -0.147. The van der Waals surface area contributed by atoms with E-state index in [1.165, 1.54) is 29.5 Å². The van der Waals surface area contributed by atoms with E-state index < -0.39 is 11.4 Å². The molecule has 3 rings (SSSR count). The third-order valence-corrected chi connectivity index (χ3v) is 5.20. The lowest BCUT2D eigenvalue weighted by atomic mass is 9.62. The van der Waals surface area contributed by atoms with Crippen LogP contribution in [-0.2, 0) is 23.1 Å². The molecule has 1 fully saturated rings. The molecule has 2 aliphatic carbocycles. The highest BCUT2D eigenvalue weighted by Crippen LogP contribution is 2.50. The number of hydrogen-bond donors (Lipinski definition) is 1. The summed E-state index contributed by atoms with van der Waals surface area (Å²) in [5.41, 5.74) is 4.14. The van der Waals surface area contributed by atoms with Crippen molar-refractivity contribution in [2.75, 3.05) is 7.11 Å². The van der Waals surface area contributed by atoms with Crippen LogP contribution in [0.25, 0.3) is 0 Å². The van der Waals surface area contributed by atoms with Gasteiger partial charge in [-0.25, -0.2) is 0 Å². The molecule has 0 saturated heterocycles. The van der Waals surface area contributed by atoms with Crippen molar-refractivity contribution < 1.29 is 14.6 Å². The maximum Gasteiger partial charge on any atom is 0.314 e. The predicted molar refractivity (Wildman–Crippen MR) is 77.5 cm³/mol. The van der Waals surface area contributed by atoms with Gasteiger partial charge in [0, 0.05) is 5.56 Å². The highest BCUT2D eigenvalue weighted by atomic mass is 16.5. The summed E-state index contributed by atoms with van der Waals surface area (Å²) >= 11 is 0. The van der Waals surface area contributed by atoms with Crippen LogP contribution in [0.5, 0.6) is 5.75 Å². The third kappa shape index (κ3) is 1.75. The predicted octanol–water partition coefficient (Wildman–Crippen LogP) is 3.39. The standard InChI is InChI=1S/C17H22O3/c1-11-13-7-4-3-6-12(13)10-14(20-2)15(11)17(16(18)19)8-5-9-17/h10H,3-9H2,1-2H3,(H,18,19). The number of carboxylic acids is 1. The Morgan fingerprint density at radius 3 is 2.50 bits per heavy atom. The second-order valence-electron chi connectivity index (χ2n) is 6.16. The van der Waals surface area contributed by atoms with Gasteiger partial charge in [-0.2, -0.15) is 0 Å². The van der Waals surface area contributed by atoms with Gasteiger partial charge in [0.2, 0.25) is 0 Å². The number of carbonyl (C=O) groups is 1. The molecule has 0 radical (unpaired) electrons. The van der Waals surface area contributed by atoms with E-state index in [2.05, 4.69) is 13.0 Å². The Kier molecular flexibility index (Phi) is 3.23. The van der Waals surface area contributed by atoms with E-state index in [9.17, 15) is 9.90 Å². The molecule has 3 heteroatoms. The molecule has 20 heavy (non-hydrogen) atoms. The molecule has 3 nitrogen and oxygen atoms in total. The number of fused-ring (bicyclic) bond motifs is 1. The highest BCUT2D eigenvalue weighted by molar-refractivity contribution is 5.84. The van der Waals surface area contributed by atoms with Crippen molar-refractivity contribution >= 4 is 5.97 Å². The Labute approximate surface area is 120 Å². The van der Waals surface area contributed by atoms with Gasteiger partial charge in [0.25, 0.3) is 0 Å². The molecule has 0 unspecified atom stereocenters. The summed E-state index contributed by atoms with van der Waals surface area (Å²) in [6.45, 7) is 2.09. The topological polar surface area (TPSA) is 46.5 Å². The fraction of sp³-hybridized carbons (Fsp3) is 0.588. The number of hydrogen-bond acceptors (Lipinski definition) is 2. The smallest absolute Gasteiger partial charge is 0.314 e. The second kappa shape index (κ2) is 4.80. The largest absolute Gasteiger partial charge is 0.496 e. The molecule has 0 spiro atoms. The van der Waals surface area contributed by atoms with Gasteiger partial charge in [-0.1, -0.05) is 6.42 Å². The maximum absolute atomic E-state index is 11.8. The Hall–Kier alpha value is -1.51. The molecule has 1 N–H and O–H groups in total. The van der Waals surface area contributed by atoms with E-state index in [1.54, 1.807) is 7.11 Å². The molecule has 1 aromatic rings. The van der Waals surface area contributed by atoms with Crippen molar-refractivity contribution in [3.63, 3.8) is 0 Å². The van der Waals surface area contributed by atoms with Crippen LogP contribution in [0, 0.1) is 6.92 Å². The van der Waals surface area contributed by atoms with Crippen LogP contribution in [0.3, 0.4) is 0 Å². The normalized spacial score (nSPS) is 19.9. The first-order chi connectivity index (χ1) is 9.60. The lowest BCUT2D eigenvalue weighted by Crippen LogP contribution is -2.43. The zero-order chi connectivity index (χ0) is 14.3. The SMILES string of the molecule is COc1cc2c(c(C)c1C1(C(=O)O)CCC1)CCCC2. The molecular formula is C17H22O3. The van der Waals surface area contributed by atoms with Crippen LogP contribution in [0.2, 0.25) is 0 Å². The number of aliphatic carboxylic acids is 1. The third-order valence-electron chi connectivity index (χ3n) is 5.20. The van der Waals surface area contributed by atoms with E-state index >= 15 is 0 Å². The first kappa shape index (κ1) is 13.5. The molecule has 0 heterocycles. The molecule has 0 amide bonds. The van der Waals surface area contributed by atoms with Crippen LogP contribution < -0.4 is 4.74 Å². The van der Waals surface area contributed by atoms with Gasteiger partial charge in [-0.05, 0) is 68.2 Å². The monoisotopic (exact) mass is 274 g/mol. The molecular weight excluding hydrogens is 252 g/mol. The zero-order valence-electron chi connectivity index (χ0n) is 12.3. The summed E-state index contributed by atoms with van der Waals surface area (Å²) < 4.78 is 5.56. The van der Waals surface area contributed by atoms with Gasteiger partial charge in [0.1, 0.15) is 5.75 Å². The van der Waals surface area contributed by atoms with Crippen molar-refractivity contribution in [2.24, 2.45) is 0 Å². The van der Waals surface area contributed by atoms with Crippen LogP contribution in [0.15, 0.2) is 6.07 Å². The maximum atomic E-state index is 11.8. The minimum atomic E-state index is -0.706. The number of ether oxygens (including phenoxy) is 1. The van der Waals surface area contributed by atoms with Gasteiger partial charge in [0.05, 0.1) is 12.5 Å². The van der Waals surface area contributed by atoms with Crippen molar-refractivity contribution in [1.82, 2.24) is 0 Å². The molecule has 1 saturated carbocycles. The highest BCUT2D eigenvalue weighted by Gasteiger charge is 2.49. The Morgan fingerprint density at radius 1 is 1.25 bits per heavy atom. The van der Waals surface area contributed by atoms with Gasteiger partial charge in [0.15, 0.2) is 0 Å². The fourth-order valence-electron chi connectivity index (χ4n) is 3.94. The average molecular weight is 274 g/mol. The van der Waals surface area contributed by atoms with Crippen LogP contribution >= 0.6 is 0 Å². The molecule has 0 aliphatic heterocycles. The van der Waals surface area contributed by atoms with Gasteiger partial charge in [-0.3, -0.25) is 4.79 Å². The van der Waals surface area contributed by atoms with Crippen LogP contribution in [0.4, 0.5) is 0 Å². The minimum Gasteiger partial charge on any atom is -0.496 e.